The van der Waals surface area contributed by atoms with Crippen molar-refractivity contribution in [3.63, 3.8) is 0 Å². The summed E-state index contributed by atoms with van der Waals surface area (Å²) >= 11 is 0. The lowest BCUT2D eigenvalue weighted by Crippen LogP contribution is -2.29. The Labute approximate surface area is 362 Å². The highest BCUT2D eigenvalue weighted by Gasteiger charge is 2.26. The first-order valence-corrected chi connectivity index (χ1v) is 25.6. The second-order valence-corrected chi connectivity index (χ2v) is 17.6. The van der Waals surface area contributed by atoms with Crippen LogP contribution in [0.2, 0.25) is 0 Å². The second kappa shape index (κ2) is 45.9. The smallest absolute Gasteiger partial charge is 0.457 e. The molecule has 0 heterocycles. The van der Waals surface area contributed by atoms with Crippen molar-refractivity contribution >= 4 is 13.8 Å². The molecule has 0 amide bonds. The summed E-state index contributed by atoms with van der Waals surface area (Å²) < 4.78 is 33.5. The third kappa shape index (κ3) is 45.8. The average Bonchev–Trinajstić information content (AvgIpc) is 3.23. The fraction of sp³-hybridized carbons (Fsp3) is 0.816. The van der Waals surface area contributed by atoms with Gasteiger partial charge in [0.2, 0.25) is 0 Å². The van der Waals surface area contributed by atoms with Gasteiger partial charge in [-0.2, -0.15) is 0 Å². The van der Waals surface area contributed by atoms with Gasteiger partial charge in [-0.15, -0.1) is 0 Å². The molecule has 0 spiro atoms. The lowest BCUT2D eigenvalue weighted by atomic mass is 10.0. The minimum atomic E-state index is -4.52. The van der Waals surface area contributed by atoms with Crippen LogP contribution >= 0.6 is 7.82 Å². The number of hydrogen-bond donors (Lipinski definition) is 3. The van der Waals surface area contributed by atoms with Crippen molar-refractivity contribution in [1.29, 1.82) is 0 Å². The first-order chi connectivity index (χ1) is 28.8. The Hall–Kier alpha value is -1.58. The molecule has 346 valence electrons. The van der Waals surface area contributed by atoms with Crippen LogP contribution < -0.4 is 0 Å². The predicted molar refractivity (Wildman–Crippen MR) is 247 cm³/mol. The number of carbonyl (C=O) groups excluding carboxylic acids is 1. The van der Waals surface area contributed by atoms with E-state index in [-0.39, 0.29) is 25.6 Å². The molecular formula is C49H91O9P. The van der Waals surface area contributed by atoms with Gasteiger partial charge in [-0.05, 0) is 51.4 Å². The highest BCUT2D eigenvalue weighted by Crippen LogP contribution is 2.43. The lowest BCUT2D eigenvalue weighted by Gasteiger charge is -2.20. The standard InChI is InChI=1S/C49H91O9P/c1-3-5-7-9-11-13-15-17-19-21-22-23-24-25-26-28-30-32-34-36-38-40-42-55-45-48(46-57-59(53,54)56-44-47(51)43-50)58-49(52)41-39-37-35-33-31-29-27-20-18-16-14-12-10-8-6-4-2/h5,7,11,13,17,19,22-23,47-48,50-51H,3-4,6,8-10,12,14-16,18,20-21,24-46H2,1-2H3,(H,53,54)/b7-5-,13-11-,19-17-,23-22-. The van der Waals surface area contributed by atoms with E-state index >= 15 is 0 Å². The number of rotatable bonds is 46. The monoisotopic (exact) mass is 855 g/mol. The normalized spacial score (nSPS) is 14.3. The van der Waals surface area contributed by atoms with Gasteiger partial charge in [0.15, 0.2) is 0 Å². The second-order valence-electron chi connectivity index (χ2n) is 16.1. The largest absolute Gasteiger partial charge is 0.472 e. The maximum Gasteiger partial charge on any atom is 0.472 e. The quantitative estimate of drug-likeness (QED) is 0.0237. The zero-order chi connectivity index (χ0) is 43.2. The average molecular weight is 855 g/mol. The van der Waals surface area contributed by atoms with Gasteiger partial charge in [-0.25, -0.2) is 4.57 Å². The van der Waals surface area contributed by atoms with Gasteiger partial charge in [0, 0.05) is 13.0 Å². The predicted octanol–water partition coefficient (Wildman–Crippen LogP) is 13.8. The summed E-state index contributed by atoms with van der Waals surface area (Å²) in [4.78, 5) is 22.6. The minimum Gasteiger partial charge on any atom is -0.457 e. The van der Waals surface area contributed by atoms with E-state index in [0.29, 0.717) is 6.61 Å². The number of aliphatic hydroxyl groups is 2. The van der Waals surface area contributed by atoms with Crippen molar-refractivity contribution in [2.75, 3.05) is 33.0 Å². The maximum atomic E-state index is 12.7. The van der Waals surface area contributed by atoms with Crippen LogP contribution in [-0.2, 0) is 27.9 Å². The van der Waals surface area contributed by atoms with Crippen LogP contribution in [0.15, 0.2) is 48.6 Å². The number of phosphoric ester groups is 1. The molecule has 0 bridgehead atoms. The van der Waals surface area contributed by atoms with E-state index in [9.17, 15) is 19.4 Å². The third-order valence-electron chi connectivity index (χ3n) is 10.3. The molecule has 0 aromatic heterocycles. The zero-order valence-corrected chi connectivity index (χ0v) is 38.9. The van der Waals surface area contributed by atoms with Gasteiger partial charge in [0.1, 0.15) is 12.2 Å². The topological polar surface area (TPSA) is 132 Å². The summed E-state index contributed by atoms with van der Waals surface area (Å²) in [6.45, 7) is 3.42. The van der Waals surface area contributed by atoms with Gasteiger partial charge in [0.25, 0.3) is 0 Å². The van der Waals surface area contributed by atoms with E-state index in [1.165, 1.54) is 122 Å². The Bertz CT molecular complexity index is 1060. The molecule has 0 aromatic rings. The molecule has 0 saturated carbocycles. The van der Waals surface area contributed by atoms with E-state index in [1.807, 2.05) is 0 Å². The molecule has 10 heteroatoms. The number of ether oxygens (including phenoxy) is 2. The van der Waals surface area contributed by atoms with Gasteiger partial charge < -0.3 is 24.6 Å². The molecule has 0 saturated heterocycles. The van der Waals surface area contributed by atoms with E-state index in [4.69, 9.17) is 23.6 Å². The molecule has 0 radical (unpaired) electrons. The summed E-state index contributed by atoms with van der Waals surface area (Å²) in [6.07, 6.45) is 52.1. The van der Waals surface area contributed by atoms with E-state index in [1.54, 1.807) is 0 Å². The molecular weight excluding hydrogens is 764 g/mol. The SMILES string of the molecule is CC/C=C\C/C=C\C/C=C\C/C=C\CCCCCCCCCCCOCC(COP(=O)(O)OCC(O)CO)OC(=O)CCCCCCCCCCCCCCCCCC. The number of aliphatic hydroxyl groups excluding tert-OH is 2. The van der Waals surface area contributed by atoms with Crippen LogP contribution in [0, 0.1) is 0 Å². The molecule has 3 N–H and O–H groups in total. The maximum absolute atomic E-state index is 12.7. The fourth-order valence-corrected chi connectivity index (χ4v) is 7.43. The molecule has 59 heavy (non-hydrogen) atoms. The third-order valence-corrected chi connectivity index (χ3v) is 11.2. The number of unbranched alkanes of at least 4 members (excludes halogenated alkanes) is 24. The molecule has 3 unspecified atom stereocenters. The minimum absolute atomic E-state index is 0.0465. The molecule has 0 aromatic carbocycles. The Morgan fingerprint density at radius 2 is 0.966 bits per heavy atom. The summed E-state index contributed by atoms with van der Waals surface area (Å²) in [7, 11) is -4.52. The number of allylic oxidation sites excluding steroid dienone is 8. The fourth-order valence-electron chi connectivity index (χ4n) is 6.64. The van der Waals surface area contributed by atoms with Crippen LogP contribution in [0.4, 0.5) is 0 Å². The van der Waals surface area contributed by atoms with Gasteiger partial charge in [-0.3, -0.25) is 13.8 Å². The molecule has 0 aliphatic heterocycles. The number of phosphoric acid groups is 1. The Kier molecular flexibility index (Phi) is 44.7. The highest BCUT2D eigenvalue weighted by atomic mass is 31.2. The molecule has 3 atom stereocenters. The van der Waals surface area contributed by atoms with Crippen LogP contribution in [0.5, 0.6) is 0 Å². The highest BCUT2D eigenvalue weighted by molar-refractivity contribution is 7.47. The summed E-state index contributed by atoms with van der Waals surface area (Å²) in [5.41, 5.74) is 0. The van der Waals surface area contributed by atoms with Crippen LogP contribution in [0.25, 0.3) is 0 Å². The summed E-state index contributed by atoms with van der Waals surface area (Å²) in [6, 6.07) is 0. The zero-order valence-electron chi connectivity index (χ0n) is 38.0. The van der Waals surface area contributed by atoms with Crippen molar-refractivity contribution in [1.82, 2.24) is 0 Å². The van der Waals surface area contributed by atoms with Crippen molar-refractivity contribution in [3.05, 3.63) is 48.6 Å². The van der Waals surface area contributed by atoms with Gasteiger partial charge >= 0.3 is 13.8 Å². The van der Waals surface area contributed by atoms with Crippen LogP contribution in [0.1, 0.15) is 213 Å². The molecule has 0 aliphatic carbocycles. The molecule has 9 nitrogen and oxygen atoms in total. The summed E-state index contributed by atoms with van der Waals surface area (Å²) in [5.74, 6) is -0.383. The van der Waals surface area contributed by atoms with Crippen molar-refractivity contribution in [2.45, 2.75) is 225 Å². The molecule has 0 fully saturated rings. The number of carbonyl (C=O) groups is 1. The number of hydrogen-bond acceptors (Lipinski definition) is 8. The van der Waals surface area contributed by atoms with E-state index in [2.05, 4.69) is 62.5 Å². The van der Waals surface area contributed by atoms with Crippen molar-refractivity contribution in [3.8, 4) is 0 Å². The Morgan fingerprint density at radius 3 is 1.46 bits per heavy atom. The Morgan fingerprint density at radius 1 is 0.542 bits per heavy atom. The van der Waals surface area contributed by atoms with E-state index in [0.717, 1.165) is 70.6 Å². The molecule has 0 rings (SSSR count). The summed E-state index contributed by atoms with van der Waals surface area (Å²) in [5, 5.41) is 18.4. The number of esters is 1. The first-order valence-electron chi connectivity index (χ1n) is 24.1. The van der Waals surface area contributed by atoms with Crippen LogP contribution in [-0.4, -0.2) is 66.3 Å². The van der Waals surface area contributed by atoms with Crippen molar-refractivity contribution < 1.29 is 43.0 Å². The lowest BCUT2D eigenvalue weighted by molar-refractivity contribution is -0.154. The van der Waals surface area contributed by atoms with Crippen molar-refractivity contribution in [2.24, 2.45) is 0 Å². The van der Waals surface area contributed by atoms with Crippen LogP contribution in [0.3, 0.4) is 0 Å². The first kappa shape index (κ1) is 57.4. The van der Waals surface area contributed by atoms with Gasteiger partial charge in [0.05, 0.1) is 26.4 Å². The Balaban J connectivity index is 4.10. The molecule has 0 aliphatic rings. The van der Waals surface area contributed by atoms with E-state index < -0.39 is 33.2 Å². The van der Waals surface area contributed by atoms with Gasteiger partial charge in [-0.1, -0.05) is 204 Å².